The van der Waals surface area contributed by atoms with Crippen LogP contribution in [0.15, 0.2) is 71.7 Å². The molecule has 140 valence electrons. The summed E-state index contributed by atoms with van der Waals surface area (Å²) >= 11 is 0. The van der Waals surface area contributed by atoms with Crippen LogP contribution in [0.3, 0.4) is 0 Å². The molecule has 0 aromatic heterocycles. The summed E-state index contributed by atoms with van der Waals surface area (Å²) in [4.78, 5) is 7.23. The second-order valence-electron chi connectivity index (χ2n) is 7.21. The van der Waals surface area contributed by atoms with Gasteiger partial charge in [-0.05, 0) is 29.7 Å². The summed E-state index contributed by atoms with van der Waals surface area (Å²) < 4.78 is 11.7. The fourth-order valence-electron chi connectivity index (χ4n) is 4.01. The van der Waals surface area contributed by atoms with Crippen LogP contribution in [0.2, 0.25) is 0 Å². The van der Waals surface area contributed by atoms with E-state index >= 15 is 0 Å². The molecule has 0 bridgehead atoms. The lowest BCUT2D eigenvalue weighted by atomic mass is 10.1. The minimum atomic E-state index is 0.296. The van der Waals surface area contributed by atoms with E-state index in [9.17, 15) is 0 Å². The molecule has 4 heteroatoms. The number of rotatable bonds is 4. The maximum Gasteiger partial charge on any atom is 0.163 e. The van der Waals surface area contributed by atoms with Gasteiger partial charge in [-0.25, -0.2) is 0 Å². The van der Waals surface area contributed by atoms with E-state index in [0.29, 0.717) is 12.6 Å². The van der Waals surface area contributed by atoms with Gasteiger partial charge in [0, 0.05) is 30.1 Å². The first kappa shape index (κ1) is 16.9. The van der Waals surface area contributed by atoms with Crippen LogP contribution < -0.4 is 14.4 Å². The normalized spacial score (nSPS) is 16.8. The molecule has 28 heavy (non-hydrogen) atoms. The number of aliphatic imine (C=N–C) groups is 1. The number of methoxy groups -OCH3 is 1. The number of hydrogen-bond acceptors (Lipinski definition) is 4. The maximum absolute atomic E-state index is 6.06. The third kappa shape index (κ3) is 3.01. The summed E-state index contributed by atoms with van der Waals surface area (Å²) in [6.45, 7) is 1.31. The second kappa shape index (κ2) is 7.04. The van der Waals surface area contributed by atoms with Crippen molar-refractivity contribution in [1.29, 1.82) is 0 Å². The van der Waals surface area contributed by atoms with Crippen molar-refractivity contribution in [3.8, 4) is 11.5 Å². The molecule has 0 amide bonds. The Labute approximate surface area is 165 Å². The number of ether oxygens (including phenoxy) is 2. The minimum absolute atomic E-state index is 0.296. The summed E-state index contributed by atoms with van der Waals surface area (Å²) in [5.41, 5.74) is 5.92. The van der Waals surface area contributed by atoms with Gasteiger partial charge in [-0.15, -0.1) is 0 Å². The van der Waals surface area contributed by atoms with Crippen molar-refractivity contribution in [2.75, 3.05) is 12.0 Å². The molecule has 0 aliphatic carbocycles. The van der Waals surface area contributed by atoms with Crippen LogP contribution in [0.4, 0.5) is 11.4 Å². The van der Waals surface area contributed by atoms with Gasteiger partial charge in [0.15, 0.2) is 11.5 Å². The molecule has 2 aliphatic rings. The number of anilines is 1. The molecule has 5 rings (SSSR count). The number of benzene rings is 3. The molecule has 2 heterocycles. The molecule has 0 spiro atoms. The van der Waals surface area contributed by atoms with Gasteiger partial charge in [0.1, 0.15) is 6.61 Å². The van der Waals surface area contributed by atoms with E-state index in [-0.39, 0.29) is 0 Å². The van der Waals surface area contributed by atoms with E-state index in [4.69, 9.17) is 14.5 Å². The van der Waals surface area contributed by atoms with Crippen LogP contribution in [0.5, 0.6) is 11.5 Å². The summed E-state index contributed by atoms with van der Waals surface area (Å²) in [5, 5.41) is 0. The highest BCUT2D eigenvalue weighted by Crippen LogP contribution is 2.40. The van der Waals surface area contributed by atoms with E-state index in [1.807, 2.05) is 24.3 Å². The van der Waals surface area contributed by atoms with Crippen LogP contribution in [0, 0.1) is 0 Å². The topological polar surface area (TPSA) is 34.1 Å². The lowest BCUT2D eigenvalue weighted by molar-refractivity contribution is 0.284. The Hall–Kier alpha value is -3.27. The van der Waals surface area contributed by atoms with Crippen LogP contribution >= 0.6 is 0 Å². The molecule has 3 aromatic carbocycles. The SMILES string of the molecule is COc1cc2c(cc1OCc1ccccc1)N=C[C@@H]1Cc3ccccc3N1C2. The van der Waals surface area contributed by atoms with Crippen LogP contribution in [0.25, 0.3) is 0 Å². The van der Waals surface area contributed by atoms with E-state index < -0.39 is 0 Å². The lowest BCUT2D eigenvalue weighted by Gasteiger charge is -2.24. The summed E-state index contributed by atoms with van der Waals surface area (Å²) in [5.74, 6) is 1.47. The Morgan fingerprint density at radius 2 is 1.79 bits per heavy atom. The van der Waals surface area contributed by atoms with Crippen molar-refractivity contribution in [3.63, 3.8) is 0 Å². The number of hydrogen-bond donors (Lipinski definition) is 0. The third-order valence-corrected chi connectivity index (χ3v) is 5.46. The van der Waals surface area contributed by atoms with Crippen molar-refractivity contribution in [2.24, 2.45) is 4.99 Å². The zero-order valence-electron chi connectivity index (χ0n) is 15.8. The number of para-hydroxylation sites is 1. The first-order valence-corrected chi connectivity index (χ1v) is 9.58. The Balaban J connectivity index is 1.45. The van der Waals surface area contributed by atoms with Crippen molar-refractivity contribution in [3.05, 3.63) is 83.4 Å². The summed E-state index contributed by atoms with van der Waals surface area (Å²) in [6.07, 6.45) is 3.07. The van der Waals surface area contributed by atoms with Gasteiger partial charge in [0.2, 0.25) is 0 Å². The quantitative estimate of drug-likeness (QED) is 0.654. The molecule has 0 saturated carbocycles. The van der Waals surface area contributed by atoms with Gasteiger partial charge < -0.3 is 14.4 Å². The van der Waals surface area contributed by atoms with Gasteiger partial charge in [0.25, 0.3) is 0 Å². The number of fused-ring (bicyclic) bond motifs is 4. The summed E-state index contributed by atoms with van der Waals surface area (Å²) in [6, 6.07) is 23.1. The average molecular weight is 370 g/mol. The van der Waals surface area contributed by atoms with Crippen molar-refractivity contribution in [1.82, 2.24) is 0 Å². The summed E-state index contributed by atoms with van der Waals surface area (Å²) in [7, 11) is 1.69. The molecule has 4 nitrogen and oxygen atoms in total. The van der Waals surface area contributed by atoms with E-state index in [0.717, 1.165) is 41.3 Å². The Morgan fingerprint density at radius 1 is 0.964 bits per heavy atom. The predicted molar refractivity (Wildman–Crippen MR) is 112 cm³/mol. The predicted octanol–water partition coefficient (Wildman–Crippen LogP) is 4.92. The minimum Gasteiger partial charge on any atom is -0.493 e. The molecular weight excluding hydrogens is 348 g/mol. The van der Waals surface area contributed by atoms with Gasteiger partial charge in [0.05, 0.1) is 18.8 Å². The molecule has 1 atom stereocenters. The zero-order chi connectivity index (χ0) is 18.9. The Morgan fingerprint density at radius 3 is 2.64 bits per heavy atom. The van der Waals surface area contributed by atoms with E-state index in [1.165, 1.54) is 11.3 Å². The van der Waals surface area contributed by atoms with Crippen LogP contribution in [0.1, 0.15) is 16.7 Å². The van der Waals surface area contributed by atoms with Gasteiger partial charge in [-0.2, -0.15) is 0 Å². The standard InChI is InChI=1S/C24H22N2O2/c1-27-23-12-19-15-26-20(11-18-9-5-6-10-22(18)26)14-25-21(19)13-24(23)28-16-17-7-3-2-4-8-17/h2-10,12-14,20H,11,15-16H2,1H3/t20-/m0/s1. The molecule has 0 fully saturated rings. The monoisotopic (exact) mass is 370 g/mol. The highest BCUT2D eigenvalue weighted by Gasteiger charge is 2.30. The maximum atomic E-state index is 6.06. The molecule has 3 aromatic rings. The average Bonchev–Trinajstić information content (AvgIpc) is 2.99. The van der Waals surface area contributed by atoms with Crippen LogP contribution in [-0.2, 0) is 19.6 Å². The molecule has 0 saturated heterocycles. The highest BCUT2D eigenvalue weighted by atomic mass is 16.5. The van der Waals surface area contributed by atoms with Crippen molar-refractivity contribution in [2.45, 2.75) is 25.6 Å². The highest BCUT2D eigenvalue weighted by molar-refractivity contribution is 5.81. The Kier molecular flexibility index (Phi) is 4.24. The van der Waals surface area contributed by atoms with Gasteiger partial charge in [-0.3, -0.25) is 4.99 Å². The molecule has 0 radical (unpaired) electrons. The van der Waals surface area contributed by atoms with E-state index in [2.05, 4.69) is 53.6 Å². The molecular formula is C24H22N2O2. The van der Waals surface area contributed by atoms with Gasteiger partial charge >= 0.3 is 0 Å². The largest absolute Gasteiger partial charge is 0.493 e. The first-order chi connectivity index (χ1) is 13.8. The smallest absolute Gasteiger partial charge is 0.163 e. The van der Waals surface area contributed by atoms with Crippen LogP contribution in [-0.4, -0.2) is 19.4 Å². The van der Waals surface area contributed by atoms with Crippen molar-refractivity contribution >= 4 is 17.6 Å². The molecule has 0 unspecified atom stereocenters. The Bertz CT molecular complexity index is 1030. The number of nitrogens with zero attached hydrogens (tertiary/aromatic N) is 2. The fourth-order valence-corrected chi connectivity index (χ4v) is 4.01. The lowest BCUT2D eigenvalue weighted by Crippen LogP contribution is -2.31. The van der Waals surface area contributed by atoms with Gasteiger partial charge in [-0.1, -0.05) is 48.5 Å². The first-order valence-electron chi connectivity index (χ1n) is 9.58. The molecule has 2 aliphatic heterocycles. The molecule has 0 N–H and O–H groups in total. The second-order valence-corrected chi connectivity index (χ2v) is 7.21. The van der Waals surface area contributed by atoms with Crippen molar-refractivity contribution < 1.29 is 9.47 Å². The fraction of sp³-hybridized carbons (Fsp3) is 0.208. The third-order valence-electron chi connectivity index (χ3n) is 5.46. The zero-order valence-corrected chi connectivity index (χ0v) is 15.8. The van der Waals surface area contributed by atoms with E-state index in [1.54, 1.807) is 7.11 Å².